The normalized spacial score (nSPS) is 22.7. The largest absolute Gasteiger partial charge is 0.390 e. The van der Waals surface area contributed by atoms with Crippen molar-refractivity contribution in [1.82, 2.24) is 38.9 Å². The van der Waals surface area contributed by atoms with Crippen LogP contribution in [0.4, 0.5) is 17.3 Å². The van der Waals surface area contributed by atoms with Crippen molar-refractivity contribution in [2.24, 2.45) is 0 Å². The molecule has 47 heavy (non-hydrogen) atoms. The summed E-state index contributed by atoms with van der Waals surface area (Å²) in [7, 11) is -1.31. The Kier molecular flexibility index (Phi) is 8.68. The van der Waals surface area contributed by atoms with Crippen LogP contribution in [-0.2, 0) is 16.6 Å². The number of rotatable bonds is 10. The van der Waals surface area contributed by atoms with Crippen molar-refractivity contribution in [3.63, 3.8) is 0 Å². The fourth-order valence-electron chi connectivity index (χ4n) is 6.17. The van der Waals surface area contributed by atoms with E-state index >= 15 is 0 Å². The second-order valence-electron chi connectivity index (χ2n) is 13.4. The van der Waals surface area contributed by atoms with Crippen molar-refractivity contribution in [2.45, 2.75) is 68.9 Å². The van der Waals surface area contributed by atoms with Gasteiger partial charge in [-0.3, -0.25) is 9.88 Å². The molecule has 248 valence electrons. The molecule has 0 amide bonds. The molecule has 4 aromatic heterocycles. The number of anilines is 3. The van der Waals surface area contributed by atoms with Crippen molar-refractivity contribution < 1.29 is 13.5 Å². The van der Waals surface area contributed by atoms with Gasteiger partial charge in [0.1, 0.15) is 11.6 Å². The van der Waals surface area contributed by atoms with Crippen molar-refractivity contribution in [1.29, 1.82) is 0 Å². The summed E-state index contributed by atoms with van der Waals surface area (Å²) in [4.78, 5) is 23.4. The first-order valence-corrected chi connectivity index (χ1v) is 17.9. The van der Waals surface area contributed by atoms with Gasteiger partial charge in [-0.1, -0.05) is 6.07 Å². The van der Waals surface area contributed by atoms with Crippen LogP contribution in [0, 0.1) is 0 Å². The summed E-state index contributed by atoms with van der Waals surface area (Å²) in [5, 5.41) is 21.2. The highest BCUT2D eigenvalue weighted by atomic mass is 32.2. The maximum atomic E-state index is 12.6. The van der Waals surface area contributed by atoms with Crippen LogP contribution >= 0.6 is 0 Å². The molecular weight excluding hydrogens is 616 g/mol. The minimum atomic E-state index is -3.48. The fourth-order valence-corrected chi connectivity index (χ4v) is 7.65. The molecule has 0 bridgehead atoms. The van der Waals surface area contributed by atoms with E-state index in [1.807, 2.05) is 25.4 Å². The van der Waals surface area contributed by atoms with Gasteiger partial charge >= 0.3 is 0 Å². The molecule has 1 aliphatic heterocycles. The van der Waals surface area contributed by atoms with Crippen LogP contribution in [0.15, 0.2) is 55.2 Å². The summed E-state index contributed by atoms with van der Waals surface area (Å²) >= 11 is 0. The van der Waals surface area contributed by atoms with E-state index in [9.17, 15) is 13.5 Å². The molecule has 3 N–H and O–H groups in total. The highest BCUT2D eigenvalue weighted by Gasteiger charge is 2.37. The summed E-state index contributed by atoms with van der Waals surface area (Å²) in [5.41, 5.74) is 3.69. The summed E-state index contributed by atoms with van der Waals surface area (Å²) in [5.74, 6) is 1.46. The third-order valence-corrected chi connectivity index (χ3v) is 11.4. The lowest BCUT2D eigenvalue weighted by atomic mass is 9.83. The monoisotopic (exact) mass is 658 g/mol. The molecule has 4 aromatic rings. The van der Waals surface area contributed by atoms with Crippen molar-refractivity contribution in [3.05, 3.63) is 60.8 Å². The number of nitrogens with one attached hydrogen (secondary N) is 2. The van der Waals surface area contributed by atoms with Crippen LogP contribution in [0.2, 0.25) is 0 Å². The molecule has 0 aromatic carbocycles. The molecule has 1 saturated heterocycles. The summed E-state index contributed by atoms with van der Waals surface area (Å²) in [6, 6.07) is 8.11. The van der Waals surface area contributed by atoms with E-state index < -0.39 is 15.6 Å². The average molecular weight is 659 g/mol. The number of piperazine rings is 1. The Labute approximate surface area is 275 Å². The molecule has 2 saturated carbocycles. The predicted molar refractivity (Wildman–Crippen MR) is 181 cm³/mol. The Morgan fingerprint density at radius 1 is 0.957 bits per heavy atom. The number of aromatic nitrogens is 6. The summed E-state index contributed by atoms with van der Waals surface area (Å²) < 4.78 is 26.2. The van der Waals surface area contributed by atoms with Crippen molar-refractivity contribution in [3.8, 4) is 22.6 Å². The molecule has 3 aliphatic rings. The lowest BCUT2D eigenvalue weighted by Gasteiger charge is -2.34. The number of hydrogen-bond donors (Lipinski definition) is 3. The first-order chi connectivity index (χ1) is 22.6. The van der Waals surface area contributed by atoms with Crippen LogP contribution in [-0.4, -0.2) is 103 Å². The number of nitrogens with zero attached hydrogens (tertiary/aromatic N) is 8. The zero-order valence-electron chi connectivity index (χ0n) is 26.9. The van der Waals surface area contributed by atoms with Gasteiger partial charge in [0, 0.05) is 74.7 Å². The molecule has 13 nitrogen and oxygen atoms in total. The fraction of sp³-hybridized carbons (Fsp3) is 0.485. The molecular formula is C33H42N10O3S. The minimum Gasteiger partial charge on any atom is -0.390 e. The summed E-state index contributed by atoms with van der Waals surface area (Å²) in [6.45, 7) is 7.05. The second-order valence-corrected chi connectivity index (χ2v) is 15.5. The smallest absolute Gasteiger partial charge is 0.256 e. The first kappa shape index (κ1) is 31.6. The minimum absolute atomic E-state index is 0.204. The van der Waals surface area contributed by atoms with Gasteiger partial charge in [-0.15, -0.1) is 0 Å². The second kappa shape index (κ2) is 12.9. The lowest BCUT2D eigenvalue weighted by Crippen LogP contribution is -2.43. The first-order valence-electron chi connectivity index (χ1n) is 16.4. The molecule has 0 unspecified atom stereocenters. The molecule has 0 atom stereocenters. The van der Waals surface area contributed by atoms with Crippen LogP contribution in [0.25, 0.3) is 22.6 Å². The van der Waals surface area contributed by atoms with Gasteiger partial charge in [-0.05, 0) is 70.2 Å². The number of pyridine rings is 2. The van der Waals surface area contributed by atoms with Crippen LogP contribution in [0.5, 0.6) is 0 Å². The van der Waals surface area contributed by atoms with Gasteiger partial charge in [-0.2, -0.15) is 9.19 Å². The van der Waals surface area contributed by atoms with Gasteiger partial charge in [0.25, 0.3) is 10.0 Å². The maximum absolute atomic E-state index is 12.6. The molecule has 0 spiro atoms. The topological polar surface area (TPSA) is 154 Å². The SMILES string of the molecule is CN1CCN(Cc2ccc(-c3cnc(Nc4ccnc(-c5cnn(S(=O)(=O)C6CC6)c5)n4)cc3NC3CCC(C)(O)CC3)nc2)CC1. The standard InChI is InChI=1S/C33H42N10O3S/c1-33(44)10-7-25(8-11-33)38-29-17-31(36-20-27(29)28-6-3-23(18-35-28)21-42-15-13-41(2)14-16-42)39-30-9-12-34-32(40-30)24-19-37-43(22-24)47(45,46)26-4-5-26/h3,6,9,12,17-20,22,25-26,44H,4-5,7-8,10-11,13-16,21H2,1-2H3,(H2,34,36,38,39,40). The number of likely N-dealkylation sites (N-methyl/N-ethyl adjacent to an activating group) is 1. The van der Waals surface area contributed by atoms with Crippen LogP contribution < -0.4 is 10.6 Å². The number of aliphatic hydroxyl groups is 1. The third kappa shape index (κ3) is 7.45. The molecule has 0 radical (unpaired) electrons. The zero-order valence-corrected chi connectivity index (χ0v) is 27.7. The Balaban J connectivity index is 1.11. The van der Waals surface area contributed by atoms with E-state index in [0.29, 0.717) is 35.9 Å². The molecule has 7 rings (SSSR count). The Hall–Kier alpha value is -3.98. The van der Waals surface area contributed by atoms with Gasteiger partial charge in [0.05, 0.1) is 34.5 Å². The third-order valence-electron chi connectivity index (χ3n) is 9.37. The van der Waals surface area contributed by atoms with E-state index in [0.717, 1.165) is 79.4 Å². The Morgan fingerprint density at radius 3 is 2.47 bits per heavy atom. The Bertz CT molecular complexity index is 1810. The molecule has 14 heteroatoms. The van der Waals surface area contributed by atoms with E-state index in [1.165, 1.54) is 18.0 Å². The van der Waals surface area contributed by atoms with Gasteiger partial charge in [0.2, 0.25) is 0 Å². The van der Waals surface area contributed by atoms with E-state index in [2.05, 4.69) is 54.7 Å². The van der Waals surface area contributed by atoms with Crippen molar-refractivity contribution >= 4 is 27.3 Å². The van der Waals surface area contributed by atoms with Gasteiger partial charge in [-0.25, -0.2) is 23.4 Å². The van der Waals surface area contributed by atoms with Crippen molar-refractivity contribution in [2.75, 3.05) is 43.9 Å². The quantitative estimate of drug-likeness (QED) is 0.227. The van der Waals surface area contributed by atoms with E-state index in [1.54, 1.807) is 12.3 Å². The van der Waals surface area contributed by atoms with Crippen LogP contribution in [0.3, 0.4) is 0 Å². The van der Waals surface area contributed by atoms with E-state index in [4.69, 9.17) is 9.97 Å². The highest BCUT2D eigenvalue weighted by Crippen LogP contribution is 2.34. The van der Waals surface area contributed by atoms with Crippen LogP contribution in [0.1, 0.15) is 51.0 Å². The van der Waals surface area contributed by atoms with Gasteiger partial charge in [0.15, 0.2) is 5.82 Å². The van der Waals surface area contributed by atoms with Gasteiger partial charge < -0.3 is 20.6 Å². The average Bonchev–Trinajstić information content (AvgIpc) is 3.81. The molecule has 2 aliphatic carbocycles. The molecule has 3 fully saturated rings. The predicted octanol–water partition coefficient (Wildman–Crippen LogP) is 3.73. The zero-order chi connectivity index (χ0) is 32.6. The Morgan fingerprint density at radius 2 is 1.74 bits per heavy atom. The molecule has 5 heterocycles. The maximum Gasteiger partial charge on any atom is 0.256 e. The number of hydrogen-bond acceptors (Lipinski definition) is 12. The van der Waals surface area contributed by atoms with E-state index in [-0.39, 0.29) is 11.3 Å². The highest BCUT2D eigenvalue weighted by molar-refractivity contribution is 7.90. The lowest BCUT2D eigenvalue weighted by molar-refractivity contribution is 0.0196. The summed E-state index contributed by atoms with van der Waals surface area (Å²) in [6.07, 6.45) is 12.8.